The maximum absolute atomic E-state index is 13.5. The molecule has 0 aliphatic carbocycles. The molecule has 0 fully saturated rings. The summed E-state index contributed by atoms with van der Waals surface area (Å²) < 4.78 is 13.5. The zero-order valence-corrected chi connectivity index (χ0v) is 11.7. The largest absolute Gasteiger partial charge is 0.389 e. The van der Waals surface area contributed by atoms with Crippen LogP contribution in [0.4, 0.5) is 10.1 Å². The van der Waals surface area contributed by atoms with Crippen molar-refractivity contribution in [1.82, 2.24) is 0 Å². The van der Waals surface area contributed by atoms with Gasteiger partial charge in [-0.05, 0) is 45.4 Å². The number of benzene rings is 1. The monoisotopic (exact) mass is 255 g/mol. The van der Waals surface area contributed by atoms with Crippen molar-refractivity contribution in [3.63, 3.8) is 0 Å². The van der Waals surface area contributed by atoms with E-state index in [1.807, 2.05) is 11.9 Å². The first-order valence-electron chi connectivity index (χ1n) is 6.03. The Kier molecular flexibility index (Phi) is 4.35. The Labute approximate surface area is 108 Å². The van der Waals surface area contributed by atoms with Crippen molar-refractivity contribution >= 4 is 5.69 Å². The summed E-state index contributed by atoms with van der Waals surface area (Å²) in [5.74, 6) is -0.327. The molecular formula is C14H22FNO2. The summed E-state index contributed by atoms with van der Waals surface area (Å²) in [5.41, 5.74) is 0.945. The molecule has 0 heterocycles. The molecule has 4 heteroatoms. The second kappa shape index (κ2) is 5.24. The third kappa shape index (κ3) is 3.68. The van der Waals surface area contributed by atoms with E-state index in [0.29, 0.717) is 17.7 Å². The Morgan fingerprint density at radius 3 is 2.39 bits per heavy atom. The minimum absolute atomic E-state index is 0.327. The van der Waals surface area contributed by atoms with Crippen molar-refractivity contribution in [2.24, 2.45) is 0 Å². The van der Waals surface area contributed by atoms with Crippen molar-refractivity contribution in [2.75, 3.05) is 18.5 Å². The second-order valence-corrected chi connectivity index (χ2v) is 5.50. The SMILES string of the molecule is Cc1cc(N(C)CC(C)(C)O)c(C(C)O)cc1F. The highest BCUT2D eigenvalue weighted by molar-refractivity contribution is 5.56. The quantitative estimate of drug-likeness (QED) is 0.868. The van der Waals surface area contributed by atoms with Crippen molar-refractivity contribution in [3.05, 3.63) is 29.1 Å². The van der Waals surface area contributed by atoms with E-state index < -0.39 is 11.7 Å². The number of aliphatic hydroxyl groups is 2. The zero-order chi connectivity index (χ0) is 14.1. The van der Waals surface area contributed by atoms with Crippen LogP contribution in [0.1, 0.15) is 38.0 Å². The van der Waals surface area contributed by atoms with Gasteiger partial charge in [-0.15, -0.1) is 0 Å². The lowest BCUT2D eigenvalue weighted by Gasteiger charge is -2.30. The summed E-state index contributed by atoms with van der Waals surface area (Å²) in [5, 5.41) is 19.5. The Hall–Kier alpha value is -1.13. The number of hydrogen-bond donors (Lipinski definition) is 2. The molecule has 18 heavy (non-hydrogen) atoms. The minimum Gasteiger partial charge on any atom is -0.389 e. The summed E-state index contributed by atoms with van der Waals surface area (Å²) in [6, 6.07) is 3.05. The van der Waals surface area contributed by atoms with Gasteiger partial charge in [0, 0.05) is 24.8 Å². The van der Waals surface area contributed by atoms with Crippen LogP contribution in [0, 0.1) is 12.7 Å². The van der Waals surface area contributed by atoms with E-state index in [1.165, 1.54) is 6.07 Å². The Morgan fingerprint density at radius 2 is 1.94 bits per heavy atom. The van der Waals surface area contributed by atoms with Crippen molar-refractivity contribution in [2.45, 2.75) is 39.4 Å². The van der Waals surface area contributed by atoms with Crippen LogP contribution in [-0.4, -0.2) is 29.4 Å². The van der Waals surface area contributed by atoms with E-state index in [2.05, 4.69) is 0 Å². The molecule has 0 aliphatic rings. The van der Waals surface area contributed by atoms with Gasteiger partial charge in [-0.1, -0.05) is 0 Å². The van der Waals surface area contributed by atoms with E-state index >= 15 is 0 Å². The standard InChI is InChI=1S/C14H22FNO2/c1-9-6-13(16(5)8-14(3,4)18)11(10(2)17)7-12(9)15/h6-7,10,17-18H,8H2,1-5H3. The fourth-order valence-electron chi connectivity index (χ4n) is 2.01. The summed E-state index contributed by atoms with van der Waals surface area (Å²) >= 11 is 0. The maximum atomic E-state index is 13.5. The highest BCUT2D eigenvalue weighted by Gasteiger charge is 2.20. The Balaban J connectivity index is 3.17. The van der Waals surface area contributed by atoms with Gasteiger partial charge in [0.25, 0.3) is 0 Å². The summed E-state index contributed by atoms with van der Waals surface area (Å²) in [6.07, 6.45) is -0.751. The topological polar surface area (TPSA) is 43.7 Å². The third-order valence-corrected chi connectivity index (χ3v) is 2.79. The first-order chi connectivity index (χ1) is 8.11. The number of aliphatic hydroxyl groups excluding tert-OH is 1. The lowest BCUT2D eigenvalue weighted by atomic mass is 10.0. The molecule has 0 aliphatic heterocycles. The number of hydrogen-bond acceptors (Lipinski definition) is 3. The lowest BCUT2D eigenvalue weighted by molar-refractivity contribution is 0.0884. The van der Waals surface area contributed by atoms with Gasteiger partial charge < -0.3 is 15.1 Å². The molecule has 0 saturated heterocycles. The fourth-order valence-corrected chi connectivity index (χ4v) is 2.01. The Morgan fingerprint density at radius 1 is 1.39 bits per heavy atom. The number of aryl methyl sites for hydroxylation is 1. The van der Waals surface area contributed by atoms with Gasteiger partial charge >= 0.3 is 0 Å². The molecule has 1 rings (SSSR count). The number of halogens is 1. The van der Waals surface area contributed by atoms with Crippen LogP contribution in [-0.2, 0) is 0 Å². The van der Waals surface area contributed by atoms with Gasteiger partial charge in [0.15, 0.2) is 0 Å². The second-order valence-electron chi connectivity index (χ2n) is 5.50. The van der Waals surface area contributed by atoms with Crippen molar-refractivity contribution < 1.29 is 14.6 Å². The highest BCUT2D eigenvalue weighted by atomic mass is 19.1. The van der Waals surface area contributed by atoms with Gasteiger partial charge in [-0.3, -0.25) is 0 Å². The average Bonchev–Trinajstić information content (AvgIpc) is 2.18. The summed E-state index contributed by atoms with van der Waals surface area (Å²) in [6.45, 7) is 7.11. The average molecular weight is 255 g/mol. The molecule has 2 N–H and O–H groups in total. The molecule has 0 bridgehead atoms. The number of anilines is 1. The van der Waals surface area contributed by atoms with Crippen molar-refractivity contribution in [1.29, 1.82) is 0 Å². The molecule has 1 aromatic carbocycles. The summed E-state index contributed by atoms with van der Waals surface area (Å²) in [4.78, 5) is 1.83. The molecule has 102 valence electrons. The third-order valence-electron chi connectivity index (χ3n) is 2.79. The van der Waals surface area contributed by atoms with Crippen LogP contribution in [0.5, 0.6) is 0 Å². The normalized spacial score (nSPS) is 13.6. The molecule has 1 atom stereocenters. The molecule has 0 radical (unpaired) electrons. The predicted molar refractivity (Wildman–Crippen MR) is 71.3 cm³/mol. The number of nitrogens with zero attached hydrogens (tertiary/aromatic N) is 1. The number of likely N-dealkylation sites (N-methyl/N-ethyl adjacent to an activating group) is 1. The van der Waals surface area contributed by atoms with Gasteiger partial charge in [0.05, 0.1) is 11.7 Å². The van der Waals surface area contributed by atoms with E-state index in [-0.39, 0.29) is 5.82 Å². The fraction of sp³-hybridized carbons (Fsp3) is 0.571. The van der Waals surface area contributed by atoms with Crippen LogP contribution in [0.15, 0.2) is 12.1 Å². The minimum atomic E-state index is -0.854. The lowest BCUT2D eigenvalue weighted by Crippen LogP contribution is -2.36. The first kappa shape index (κ1) is 14.9. The van der Waals surface area contributed by atoms with Gasteiger partial charge in [-0.25, -0.2) is 4.39 Å². The van der Waals surface area contributed by atoms with E-state index in [1.54, 1.807) is 33.8 Å². The van der Waals surface area contributed by atoms with Crippen LogP contribution < -0.4 is 4.90 Å². The van der Waals surface area contributed by atoms with Crippen LogP contribution in [0.3, 0.4) is 0 Å². The molecule has 1 unspecified atom stereocenters. The predicted octanol–water partition coefficient (Wildman–Crippen LogP) is 2.39. The zero-order valence-electron chi connectivity index (χ0n) is 11.7. The van der Waals surface area contributed by atoms with E-state index in [0.717, 1.165) is 5.69 Å². The summed E-state index contributed by atoms with van der Waals surface area (Å²) in [7, 11) is 1.82. The smallest absolute Gasteiger partial charge is 0.126 e. The van der Waals surface area contributed by atoms with Crippen LogP contribution in [0.2, 0.25) is 0 Å². The van der Waals surface area contributed by atoms with Crippen LogP contribution in [0.25, 0.3) is 0 Å². The van der Waals surface area contributed by atoms with E-state index in [9.17, 15) is 14.6 Å². The molecule has 1 aromatic rings. The molecular weight excluding hydrogens is 233 g/mol. The molecule has 0 aromatic heterocycles. The van der Waals surface area contributed by atoms with Gasteiger partial charge in [-0.2, -0.15) is 0 Å². The van der Waals surface area contributed by atoms with Crippen molar-refractivity contribution in [3.8, 4) is 0 Å². The van der Waals surface area contributed by atoms with E-state index in [4.69, 9.17) is 0 Å². The molecule has 0 saturated carbocycles. The van der Waals surface area contributed by atoms with Gasteiger partial charge in [0.2, 0.25) is 0 Å². The molecule has 0 spiro atoms. The van der Waals surface area contributed by atoms with Crippen LogP contribution >= 0.6 is 0 Å². The highest BCUT2D eigenvalue weighted by Crippen LogP contribution is 2.29. The first-order valence-corrected chi connectivity index (χ1v) is 6.03. The molecule has 0 amide bonds. The maximum Gasteiger partial charge on any atom is 0.126 e. The Bertz CT molecular complexity index is 425. The number of rotatable bonds is 4. The van der Waals surface area contributed by atoms with Gasteiger partial charge in [0.1, 0.15) is 5.82 Å². The molecule has 3 nitrogen and oxygen atoms in total.